The molecular weight excluding hydrogens is 534 g/mol. The van der Waals surface area contributed by atoms with E-state index in [9.17, 15) is 4.79 Å². The second-order valence-electron chi connectivity index (χ2n) is 9.75. The van der Waals surface area contributed by atoms with E-state index < -0.39 is 0 Å². The van der Waals surface area contributed by atoms with Gasteiger partial charge in [-0.3, -0.25) is 20.5 Å². The number of hydrogen-bond acceptors (Lipinski definition) is 9. The Balaban J connectivity index is 1.55. The molecule has 1 aliphatic rings. The van der Waals surface area contributed by atoms with Gasteiger partial charge in [0.1, 0.15) is 23.0 Å². The normalized spacial score (nSPS) is 13.4. The molecule has 0 radical (unpaired) electrons. The summed E-state index contributed by atoms with van der Waals surface area (Å²) in [6.45, 7) is 8.97. The highest BCUT2D eigenvalue weighted by atomic mass is 16.5. The molecule has 0 aliphatic carbocycles. The molecule has 0 atom stereocenters. The van der Waals surface area contributed by atoms with Gasteiger partial charge >= 0.3 is 0 Å². The van der Waals surface area contributed by atoms with E-state index in [4.69, 9.17) is 35.5 Å². The van der Waals surface area contributed by atoms with Crippen LogP contribution in [0.25, 0.3) is 0 Å². The van der Waals surface area contributed by atoms with E-state index in [1.807, 2.05) is 18.7 Å². The molecule has 10 heteroatoms. The maximum atomic E-state index is 13.6. The molecule has 0 bridgehead atoms. The Kier molecular flexibility index (Phi) is 10.9. The van der Waals surface area contributed by atoms with Crippen LogP contribution in [0.4, 0.5) is 0 Å². The lowest BCUT2D eigenvalue weighted by Crippen LogP contribution is -2.49. The zero-order valence-electron chi connectivity index (χ0n) is 24.2. The maximum absolute atomic E-state index is 13.6. The summed E-state index contributed by atoms with van der Waals surface area (Å²) in [5.74, 6) is 2.08. The van der Waals surface area contributed by atoms with Gasteiger partial charge in [-0.05, 0) is 94.0 Å². The molecule has 42 heavy (non-hydrogen) atoms. The van der Waals surface area contributed by atoms with E-state index >= 15 is 0 Å². The first-order chi connectivity index (χ1) is 20.4. The zero-order valence-corrected chi connectivity index (χ0v) is 24.2. The lowest BCUT2D eigenvalue weighted by atomic mass is 10.1. The molecule has 1 saturated heterocycles. The van der Waals surface area contributed by atoms with Crippen LogP contribution in [0.2, 0.25) is 0 Å². The first-order valence-electron chi connectivity index (χ1n) is 14.3. The van der Waals surface area contributed by atoms with Crippen molar-refractivity contribution in [1.29, 1.82) is 10.8 Å². The van der Waals surface area contributed by atoms with Gasteiger partial charge in [0.25, 0.3) is 5.91 Å². The summed E-state index contributed by atoms with van der Waals surface area (Å²) < 4.78 is 22.8. The van der Waals surface area contributed by atoms with Crippen LogP contribution in [0.1, 0.15) is 41.8 Å². The Labute approximate surface area is 246 Å². The van der Waals surface area contributed by atoms with Gasteiger partial charge in [0.15, 0.2) is 0 Å². The summed E-state index contributed by atoms with van der Waals surface area (Å²) in [5, 5.41) is 16.0. The van der Waals surface area contributed by atoms with Crippen LogP contribution < -0.4 is 15.2 Å². The number of nitrogens with zero attached hydrogens (tertiary/aromatic N) is 2. The average molecular weight is 574 g/mol. The zero-order chi connectivity index (χ0) is 29.9. The van der Waals surface area contributed by atoms with Crippen LogP contribution in [0.3, 0.4) is 0 Å². The van der Waals surface area contributed by atoms with Gasteiger partial charge in [-0.15, -0.1) is 0 Å². The van der Waals surface area contributed by atoms with Gasteiger partial charge in [0.05, 0.1) is 13.2 Å². The number of piperazine rings is 1. The van der Waals surface area contributed by atoms with Crippen molar-refractivity contribution in [3.05, 3.63) is 83.4 Å². The van der Waals surface area contributed by atoms with Gasteiger partial charge < -0.3 is 29.6 Å². The topological polar surface area (TPSA) is 134 Å². The van der Waals surface area contributed by atoms with Crippen molar-refractivity contribution in [2.75, 3.05) is 52.5 Å². The minimum absolute atomic E-state index is 0.0928. The van der Waals surface area contributed by atoms with Gasteiger partial charge in [-0.2, -0.15) is 0 Å². The number of hydrogen-bond donors (Lipinski definition) is 3. The minimum Gasteiger partial charge on any atom is -0.478 e. The molecule has 0 saturated carbocycles. The Morgan fingerprint density at radius 3 is 1.62 bits per heavy atom. The van der Waals surface area contributed by atoms with Crippen molar-refractivity contribution in [1.82, 2.24) is 9.80 Å². The summed E-state index contributed by atoms with van der Waals surface area (Å²) in [7, 11) is 0. The molecule has 1 aliphatic heterocycles. The standard InChI is InChI=1S/C32H39N5O5/c1-3-39-30(34)23-6-10-26(11-7-23)41-28-20-25(32(38)37-18-16-36(17-19-37)15-5-14-33)21-29(22-28)42-27-12-8-24(9-13-27)31(35)40-4-2/h6-13,20-22,34-35H,3-5,14-19,33H2,1-2H3. The molecular formula is C32H39N5O5. The molecule has 222 valence electrons. The predicted molar refractivity (Wildman–Crippen MR) is 162 cm³/mol. The van der Waals surface area contributed by atoms with Gasteiger partial charge in [-0.1, -0.05) is 0 Å². The maximum Gasteiger partial charge on any atom is 0.254 e. The molecule has 0 aromatic heterocycles. The molecule has 3 aromatic rings. The summed E-state index contributed by atoms with van der Waals surface area (Å²) in [4.78, 5) is 17.8. The van der Waals surface area contributed by atoms with Gasteiger partial charge in [-0.25, -0.2) is 0 Å². The summed E-state index contributed by atoms with van der Waals surface area (Å²) in [6, 6.07) is 19.2. The number of nitrogens with one attached hydrogen (secondary N) is 2. The molecule has 1 amide bonds. The van der Waals surface area contributed by atoms with Crippen molar-refractivity contribution >= 4 is 17.7 Å². The van der Waals surface area contributed by atoms with Crippen molar-refractivity contribution in [3.63, 3.8) is 0 Å². The fraction of sp³-hybridized carbons (Fsp3) is 0.344. The Hall–Kier alpha value is -4.41. The number of ether oxygens (including phenoxy) is 4. The van der Waals surface area contributed by atoms with Gasteiger partial charge in [0.2, 0.25) is 11.8 Å². The summed E-state index contributed by atoms with van der Waals surface area (Å²) in [5.41, 5.74) is 7.40. The number of carbonyl (C=O) groups excluding carboxylic acids is 1. The van der Waals surface area contributed by atoms with Crippen LogP contribution in [-0.4, -0.2) is 80.0 Å². The lowest BCUT2D eigenvalue weighted by Gasteiger charge is -2.34. The van der Waals surface area contributed by atoms with Crippen LogP contribution in [-0.2, 0) is 9.47 Å². The predicted octanol–water partition coefficient (Wildman–Crippen LogP) is 5.10. The highest BCUT2D eigenvalue weighted by molar-refractivity contribution is 5.95. The van der Waals surface area contributed by atoms with Crippen LogP contribution in [0.5, 0.6) is 23.0 Å². The van der Waals surface area contributed by atoms with E-state index in [1.165, 1.54) is 0 Å². The molecule has 0 unspecified atom stereocenters. The first kappa shape index (κ1) is 30.5. The number of carbonyl (C=O) groups is 1. The second-order valence-corrected chi connectivity index (χ2v) is 9.75. The molecule has 1 heterocycles. The van der Waals surface area contributed by atoms with Gasteiger partial charge in [0, 0.05) is 48.9 Å². The highest BCUT2D eigenvalue weighted by Gasteiger charge is 2.23. The van der Waals surface area contributed by atoms with Crippen LogP contribution >= 0.6 is 0 Å². The fourth-order valence-corrected chi connectivity index (χ4v) is 4.56. The molecule has 0 spiro atoms. The Bertz CT molecular complexity index is 1270. The van der Waals surface area contributed by atoms with Crippen molar-refractivity contribution < 1.29 is 23.7 Å². The molecule has 1 fully saturated rings. The number of amides is 1. The first-order valence-corrected chi connectivity index (χ1v) is 14.3. The second kappa shape index (κ2) is 15.0. The Morgan fingerprint density at radius 1 is 0.714 bits per heavy atom. The third-order valence-electron chi connectivity index (χ3n) is 6.75. The number of rotatable bonds is 12. The number of benzene rings is 3. The monoisotopic (exact) mass is 573 g/mol. The molecule has 4 rings (SSSR count). The lowest BCUT2D eigenvalue weighted by molar-refractivity contribution is 0.0636. The van der Waals surface area contributed by atoms with Crippen LogP contribution in [0, 0.1) is 10.8 Å². The smallest absolute Gasteiger partial charge is 0.254 e. The summed E-state index contributed by atoms with van der Waals surface area (Å²) in [6.07, 6.45) is 0.940. The van der Waals surface area contributed by atoms with Crippen molar-refractivity contribution in [3.8, 4) is 23.0 Å². The van der Waals surface area contributed by atoms with E-state index in [2.05, 4.69) is 4.90 Å². The molecule has 4 N–H and O–H groups in total. The van der Waals surface area contributed by atoms with E-state index in [-0.39, 0.29) is 17.7 Å². The van der Waals surface area contributed by atoms with Crippen molar-refractivity contribution in [2.24, 2.45) is 5.73 Å². The third kappa shape index (κ3) is 8.31. The van der Waals surface area contributed by atoms with E-state index in [0.717, 1.165) is 26.1 Å². The SMILES string of the molecule is CCOC(=N)c1ccc(Oc2cc(Oc3ccc(C(=N)OCC)cc3)cc(C(=O)N3CCN(CCCN)CC3)c2)cc1. The van der Waals surface area contributed by atoms with Crippen molar-refractivity contribution in [2.45, 2.75) is 20.3 Å². The summed E-state index contributed by atoms with van der Waals surface area (Å²) >= 11 is 0. The Morgan fingerprint density at radius 2 is 1.19 bits per heavy atom. The highest BCUT2D eigenvalue weighted by Crippen LogP contribution is 2.31. The minimum atomic E-state index is -0.0928. The average Bonchev–Trinajstić information content (AvgIpc) is 3.01. The largest absolute Gasteiger partial charge is 0.478 e. The molecule has 3 aromatic carbocycles. The fourth-order valence-electron chi connectivity index (χ4n) is 4.56. The van der Waals surface area contributed by atoms with Crippen LogP contribution in [0.15, 0.2) is 66.7 Å². The van der Waals surface area contributed by atoms with E-state index in [0.29, 0.717) is 72.5 Å². The quantitative estimate of drug-likeness (QED) is 0.203. The number of nitrogens with two attached hydrogens (primary N) is 1. The molecule has 10 nitrogen and oxygen atoms in total. The third-order valence-corrected chi connectivity index (χ3v) is 6.75. The van der Waals surface area contributed by atoms with E-state index in [1.54, 1.807) is 66.7 Å².